The van der Waals surface area contributed by atoms with E-state index in [4.69, 9.17) is 16.3 Å². The third kappa shape index (κ3) is 3.05. The van der Waals surface area contributed by atoms with Crippen LogP contribution < -0.4 is 10.1 Å². The van der Waals surface area contributed by atoms with E-state index in [1.54, 1.807) is 12.3 Å². The van der Waals surface area contributed by atoms with Gasteiger partial charge >= 0.3 is 0 Å². The maximum Gasteiger partial charge on any atom is 0.255 e. The SMILES string of the molecule is COc1ccc(C(=O)Nc2cc(C)cnc2Cl)cc1F. The van der Waals surface area contributed by atoms with E-state index in [1.165, 1.54) is 19.2 Å². The minimum atomic E-state index is -0.603. The number of carbonyl (C=O) groups excluding carboxylic acids is 1. The van der Waals surface area contributed by atoms with E-state index in [9.17, 15) is 9.18 Å². The van der Waals surface area contributed by atoms with E-state index in [0.717, 1.165) is 11.6 Å². The van der Waals surface area contributed by atoms with Gasteiger partial charge in [0.05, 0.1) is 12.8 Å². The van der Waals surface area contributed by atoms with Crippen LogP contribution in [0.2, 0.25) is 5.15 Å². The number of carbonyl (C=O) groups is 1. The van der Waals surface area contributed by atoms with Crippen molar-refractivity contribution in [3.8, 4) is 5.75 Å². The molecule has 0 aliphatic carbocycles. The van der Waals surface area contributed by atoms with Crippen LogP contribution >= 0.6 is 11.6 Å². The molecule has 0 aliphatic heterocycles. The summed E-state index contributed by atoms with van der Waals surface area (Å²) in [7, 11) is 1.36. The number of amides is 1. The van der Waals surface area contributed by atoms with Crippen LogP contribution in [0, 0.1) is 12.7 Å². The third-order valence-electron chi connectivity index (χ3n) is 2.64. The van der Waals surface area contributed by atoms with Gasteiger partial charge in [-0.25, -0.2) is 9.37 Å². The summed E-state index contributed by atoms with van der Waals surface area (Å²) in [6, 6.07) is 5.65. The van der Waals surface area contributed by atoms with Crippen LogP contribution in [0.25, 0.3) is 0 Å². The molecule has 0 fully saturated rings. The first-order valence-electron chi connectivity index (χ1n) is 5.78. The minimum absolute atomic E-state index is 0.0804. The molecule has 2 aromatic rings. The number of halogens is 2. The number of ether oxygens (including phenoxy) is 1. The Labute approximate surface area is 120 Å². The molecule has 0 atom stereocenters. The molecule has 0 bridgehead atoms. The van der Waals surface area contributed by atoms with Gasteiger partial charge < -0.3 is 10.1 Å². The fraction of sp³-hybridized carbons (Fsp3) is 0.143. The zero-order chi connectivity index (χ0) is 14.7. The molecule has 1 aromatic carbocycles. The smallest absolute Gasteiger partial charge is 0.255 e. The maximum atomic E-state index is 13.5. The van der Waals surface area contributed by atoms with E-state index >= 15 is 0 Å². The monoisotopic (exact) mass is 294 g/mol. The lowest BCUT2D eigenvalue weighted by molar-refractivity contribution is 0.102. The van der Waals surface area contributed by atoms with Crippen molar-refractivity contribution in [2.45, 2.75) is 6.92 Å². The van der Waals surface area contributed by atoms with Gasteiger partial charge in [-0.3, -0.25) is 4.79 Å². The summed E-state index contributed by atoms with van der Waals surface area (Å²) in [4.78, 5) is 16.0. The number of aryl methyl sites for hydroxylation is 1. The van der Waals surface area contributed by atoms with Crippen LogP contribution in [-0.2, 0) is 0 Å². The Morgan fingerprint density at radius 2 is 2.15 bits per heavy atom. The second-order valence-corrected chi connectivity index (χ2v) is 4.51. The predicted octanol–water partition coefficient (Wildman–Crippen LogP) is 3.44. The number of hydrogen-bond acceptors (Lipinski definition) is 3. The normalized spacial score (nSPS) is 10.2. The molecule has 0 saturated heterocycles. The summed E-state index contributed by atoms with van der Waals surface area (Å²) in [6.07, 6.45) is 1.59. The van der Waals surface area contributed by atoms with E-state index in [2.05, 4.69) is 10.3 Å². The number of pyridine rings is 1. The van der Waals surface area contributed by atoms with Crippen LogP contribution in [0.15, 0.2) is 30.5 Å². The number of nitrogens with zero attached hydrogens (tertiary/aromatic N) is 1. The van der Waals surface area contributed by atoms with Crippen LogP contribution in [0.4, 0.5) is 10.1 Å². The number of anilines is 1. The van der Waals surface area contributed by atoms with Gasteiger partial charge in [-0.05, 0) is 36.8 Å². The number of rotatable bonds is 3. The molecule has 6 heteroatoms. The average Bonchev–Trinajstić information content (AvgIpc) is 2.42. The zero-order valence-corrected chi connectivity index (χ0v) is 11.7. The first-order chi connectivity index (χ1) is 9.51. The number of nitrogens with one attached hydrogen (secondary N) is 1. The van der Waals surface area contributed by atoms with E-state index in [0.29, 0.717) is 5.69 Å². The molecule has 0 unspecified atom stereocenters. The summed E-state index contributed by atoms with van der Waals surface area (Å²) >= 11 is 5.89. The van der Waals surface area contributed by atoms with Gasteiger partial charge in [0.1, 0.15) is 0 Å². The Hall–Kier alpha value is -2.14. The number of hydrogen-bond donors (Lipinski definition) is 1. The zero-order valence-electron chi connectivity index (χ0n) is 10.9. The van der Waals surface area contributed by atoms with Gasteiger partial charge in [-0.2, -0.15) is 0 Å². The van der Waals surface area contributed by atoms with Gasteiger partial charge in [0.15, 0.2) is 16.7 Å². The van der Waals surface area contributed by atoms with Gasteiger partial charge in [0, 0.05) is 11.8 Å². The van der Waals surface area contributed by atoms with Crippen molar-refractivity contribution in [2.75, 3.05) is 12.4 Å². The molecule has 2 rings (SSSR count). The van der Waals surface area contributed by atoms with E-state index < -0.39 is 11.7 Å². The molecule has 0 radical (unpaired) electrons. The molecule has 0 aliphatic rings. The molecule has 0 spiro atoms. The molecule has 1 heterocycles. The fourth-order valence-corrected chi connectivity index (χ4v) is 1.79. The quantitative estimate of drug-likeness (QED) is 0.882. The van der Waals surface area contributed by atoms with Crippen molar-refractivity contribution in [3.05, 3.63) is 52.6 Å². The maximum absolute atomic E-state index is 13.5. The Morgan fingerprint density at radius 1 is 1.40 bits per heavy atom. The van der Waals surface area contributed by atoms with Crippen molar-refractivity contribution >= 4 is 23.2 Å². The van der Waals surface area contributed by atoms with Crippen molar-refractivity contribution in [3.63, 3.8) is 0 Å². The third-order valence-corrected chi connectivity index (χ3v) is 2.94. The minimum Gasteiger partial charge on any atom is -0.494 e. The van der Waals surface area contributed by atoms with Crippen molar-refractivity contribution in [1.29, 1.82) is 0 Å². The van der Waals surface area contributed by atoms with Crippen molar-refractivity contribution in [1.82, 2.24) is 4.98 Å². The second kappa shape index (κ2) is 5.88. The Bertz CT molecular complexity index is 662. The lowest BCUT2D eigenvalue weighted by atomic mass is 10.2. The number of benzene rings is 1. The summed E-state index contributed by atoms with van der Waals surface area (Å²) < 4.78 is 18.3. The van der Waals surface area contributed by atoms with Crippen molar-refractivity contribution < 1.29 is 13.9 Å². The largest absolute Gasteiger partial charge is 0.494 e. The molecule has 1 aromatic heterocycles. The van der Waals surface area contributed by atoms with Gasteiger partial charge in [-0.15, -0.1) is 0 Å². The van der Waals surface area contributed by atoms with Crippen LogP contribution in [0.3, 0.4) is 0 Å². The highest BCUT2D eigenvalue weighted by molar-refractivity contribution is 6.32. The van der Waals surface area contributed by atoms with Gasteiger partial charge in [-0.1, -0.05) is 11.6 Å². The standard InChI is InChI=1S/C14H12ClFN2O2/c1-8-5-11(13(15)17-7-8)18-14(19)9-3-4-12(20-2)10(16)6-9/h3-7H,1-2H3,(H,18,19). The van der Waals surface area contributed by atoms with Gasteiger partial charge in [0.2, 0.25) is 0 Å². The fourth-order valence-electron chi connectivity index (χ4n) is 1.64. The first kappa shape index (κ1) is 14.3. The molecule has 20 heavy (non-hydrogen) atoms. The van der Waals surface area contributed by atoms with E-state index in [-0.39, 0.29) is 16.5 Å². The number of methoxy groups -OCH3 is 1. The topological polar surface area (TPSA) is 51.2 Å². The Morgan fingerprint density at radius 3 is 2.80 bits per heavy atom. The molecular weight excluding hydrogens is 283 g/mol. The van der Waals surface area contributed by atoms with Crippen molar-refractivity contribution in [2.24, 2.45) is 0 Å². The predicted molar refractivity (Wildman–Crippen MR) is 74.9 cm³/mol. The van der Waals surface area contributed by atoms with Crippen LogP contribution in [0.5, 0.6) is 5.75 Å². The lowest BCUT2D eigenvalue weighted by Crippen LogP contribution is -2.13. The second-order valence-electron chi connectivity index (χ2n) is 4.15. The highest BCUT2D eigenvalue weighted by Gasteiger charge is 2.12. The summed E-state index contributed by atoms with van der Waals surface area (Å²) in [6.45, 7) is 1.83. The Balaban J connectivity index is 2.24. The molecule has 0 saturated carbocycles. The first-order valence-corrected chi connectivity index (χ1v) is 6.16. The molecule has 1 amide bonds. The molecular formula is C14H12ClFN2O2. The summed E-state index contributed by atoms with van der Waals surface area (Å²) in [5, 5.41) is 2.77. The molecule has 1 N–H and O–H groups in total. The average molecular weight is 295 g/mol. The highest BCUT2D eigenvalue weighted by Crippen LogP contribution is 2.22. The summed E-state index contributed by atoms with van der Waals surface area (Å²) in [5.41, 5.74) is 1.40. The highest BCUT2D eigenvalue weighted by atomic mass is 35.5. The lowest BCUT2D eigenvalue weighted by Gasteiger charge is -2.08. The Kier molecular flexibility index (Phi) is 4.20. The molecule has 104 valence electrons. The van der Waals surface area contributed by atoms with Crippen LogP contribution in [-0.4, -0.2) is 18.0 Å². The van der Waals surface area contributed by atoms with Gasteiger partial charge in [0.25, 0.3) is 5.91 Å². The molecule has 4 nitrogen and oxygen atoms in total. The van der Waals surface area contributed by atoms with Crippen LogP contribution in [0.1, 0.15) is 15.9 Å². The van der Waals surface area contributed by atoms with E-state index in [1.807, 2.05) is 6.92 Å². The summed E-state index contributed by atoms with van der Waals surface area (Å²) in [5.74, 6) is -0.994. The number of aromatic nitrogens is 1.